The smallest absolute Gasteiger partial charge is 0.380 e. The molecule has 0 aliphatic carbocycles. The Morgan fingerprint density at radius 3 is 2.35 bits per heavy atom. The van der Waals surface area contributed by atoms with Crippen LogP contribution >= 0.6 is 0 Å². The Balaban J connectivity index is 1.92. The minimum Gasteiger partial charge on any atom is -0.380 e. The normalized spacial score (nSPS) is 17.4. The number of nitriles is 1. The molecule has 5 nitrogen and oxygen atoms in total. The van der Waals surface area contributed by atoms with Gasteiger partial charge in [0.15, 0.2) is 5.60 Å². The van der Waals surface area contributed by atoms with Gasteiger partial charge in [0.1, 0.15) is 0 Å². The van der Waals surface area contributed by atoms with Crippen LogP contribution in [0.15, 0.2) is 24.3 Å². The maximum Gasteiger partial charge on any atom is 0.417 e. The van der Waals surface area contributed by atoms with Gasteiger partial charge in [-0.2, -0.15) is 18.4 Å². The number of urea groups is 1. The van der Waals surface area contributed by atoms with Crippen molar-refractivity contribution in [1.82, 2.24) is 4.90 Å². The number of piperidine rings is 1. The predicted octanol–water partition coefficient (Wildman–Crippen LogP) is 2.67. The van der Waals surface area contributed by atoms with Crippen molar-refractivity contribution in [2.45, 2.75) is 31.0 Å². The lowest BCUT2D eigenvalue weighted by atomic mass is 9.91. The van der Waals surface area contributed by atoms with Crippen LogP contribution in [-0.2, 0) is 6.42 Å². The molecule has 0 unspecified atom stereocenters. The van der Waals surface area contributed by atoms with Crippen LogP contribution < -0.4 is 5.32 Å². The molecule has 0 radical (unpaired) electrons. The summed E-state index contributed by atoms with van der Waals surface area (Å²) in [7, 11) is 0. The summed E-state index contributed by atoms with van der Waals surface area (Å²) in [4.78, 5) is 13.3. The van der Waals surface area contributed by atoms with Crippen LogP contribution in [0.3, 0.4) is 0 Å². The van der Waals surface area contributed by atoms with E-state index in [0.717, 1.165) is 5.56 Å². The molecule has 1 aliphatic heterocycles. The Morgan fingerprint density at radius 1 is 1.30 bits per heavy atom. The van der Waals surface area contributed by atoms with Crippen LogP contribution in [0.2, 0.25) is 0 Å². The lowest BCUT2D eigenvalue weighted by molar-refractivity contribution is -0.271. The maximum absolute atomic E-state index is 12.7. The van der Waals surface area contributed by atoms with Gasteiger partial charge in [-0.1, -0.05) is 12.1 Å². The summed E-state index contributed by atoms with van der Waals surface area (Å²) < 4.78 is 38.1. The van der Waals surface area contributed by atoms with Gasteiger partial charge in [-0.15, -0.1) is 0 Å². The average Bonchev–Trinajstić information content (AvgIpc) is 2.49. The topological polar surface area (TPSA) is 76.4 Å². The number of rotatable bonds is 2. The monoisotopic (exact) mass is 327 g/mol. The second-order valence-corrected chi connectivity index (χ2v) is 5.48. The minimum absolute atomic E-state index is 0.172. The van der Waals surface area contributed by atoms with E-state index in [1.807, 2.05) is 6.07 Å². The minimum atomic E-state index is -4.69. The number of carbonyl (C=O) groups is 1. The van der Waals surface area contributed by atoms with Gasteiger partial charge >= 0.3 is 12.2 Å². The van der Waals surface area contributed by atoms with E-state index in [1.165, 1.54) is 4.90 Å². The fourth-order valence-corrected chi connectivity index (χ4v) is 2.36. The largest absolute Gasteiger partial charge is 0.417 e. The lowest BCUT2D eigenvalue weighted by Gasteiger charge is -2.38. The SMILES string of the molecule is N#CCc1ccc(NC(=O)N2CCC(O)(C(F)(F)F)CC2)cc1. The Kier molecular flexibility index (Phi) is 4.80. The van der Waals surface area contributed by atoms with E-state index in [1.54, 1.807) is 24.3 Å². The van der Waals surface area contributed by atoms with Gasteiger partial charge in [-0.25, -0.2) is 4.79 Å². The number of hydrogen-bond acceptors (Lipinski definition) is 3. The molecule has 124 valence electrons. The number of hydrogen-bond donors (Lipinski definition) is 2. The van der Waals surface area contributed by atoms with Gasteiger partial charge < -0.3 is 15.3 Å². The van der Waals surface area contributed by atoms with Crippen LogP contribution in [0.4, 0.5) is 23.7 Å². The first-order chi connectivity index (χ1) is 10.7. The number of anilines is 1. The third kappa shape index (κ3) is 3.93. The van der Waals surface area contributed by atoms with Crippen molar-refractivity contribution in [3.05, 3.63) is 29.8 Å². The number of carbonyl (C=O) groups excluding carboxylic acids is 1. The fraction of sp³-hybridized carbons (Fsp3) is 0.467. The van der Waals surface area contributed by atoms with Crippen molar-refractivity contribution in [3.63, 3.8) is 0 Å². The Morgan fingerprint density at radius 2 is 1.87 bits per heavy atom. The number of nitrogens with one attached hydrogen (secondary N) is 1. The molecule has 0 bridgehead atoms. The molecule has 1 aromatic carbocycles. The van der Waals surface area contributed by atoms with Crippen molar-refractivity contribution in [1.29, 1.82) is 5.26 Å². The van der Waals surface area contributed by atoms with Gasteiger partial charge in [-0.3, -0.25) is 0 Å². The Bertz CT molecular complexity index is 600. The highest BCUT2D eigenvalue weighted by Crippen LogP contribution is 2.38. The molecule has 1 aliphatic rings. The number of amides is 2. The first-order valence-corrected chi connectivity index (χ1v) is 7.06. The van der Waals surface area contributed by atoms with Crippen molar-refractivity contribution >= 4 is 11.7 Å². The van der Waals surface area contributed by atoms with Gasteiger partial charge in [0.25, 0.3) is 0 Å². The van der Waals surface area contributed by atoms with E-state index in [0.29, 0.717) is 5.69 Å². The summed E-state index contributed by atoms with van der Waals surface area (Å²) >= 11 is 0. The van der Waals surface area contributed by atoms with Crippen LogP contribution in [0, 0.1) is 11.3 Å². The van der Waals surface area contributed by atoms with E-state index in [2.05, 4.69) is 5.32 Å². The van der Waals surface area contributed by atoms with E-state index in [4.69, 9.17) is 5.26 Å². The summed E-state index contributed by atoms with van der Waals surface area (Å²) in [5.41, 5.74) is -1.42. The standard InChI is InChI=1S/C15H16F3N3O2/c16-15(17,18)14(23)6-9-21(10-7-14)13(22)20-12-3-1-11(2-4-12)5-8-19/h1-4,23H,5-7,9-10H2,(H,20,22). The van der Waals surface area contributed by atoms with Crippen LogP contribution in [0.5, 0.6) is 0 Å². The highest BCUT2D eigenvalue weighted by atomic mass is 19.4. The molecule has 2 rings (SSSR count). The molecule has 2 amide bonds. The molecule has 1 fully saturated rings. The van der Waals surface area contributed by atoms with Crippen LogP contribution in [0.1, 0.15) is 18.4 Å². The van der Waals surface area contributed by atoms with Crippen molar-refractivity contribution in [2.75, 3.05) is 18.4 Å². The summed E-state index contributed by atoms with van der Waals surface area (Å²) in [6, 6.07) is 8.13. The predicted molar refractivity (Wildman–Crippen MR) is 76.6 cm³/mol. The molecule has 0 saturated carbocycles. The van der Waals surface area contributed by atoms with Crippen LogP contribution in [0.25, 0.3) is 0 Å². The van der Waals surface area contributed by atoms with Crippen molar-refractivity contribution < 1.29 is 23.1 Å². The number of benzene rings is 1. The van der Waals surface area contributed by atoms with Crippen molar-refractivity contribution in [3.8, 4) is 6.07 Å². The first kappa shape index (κ1) is 17.1. The molecule has 1 aromatic rings. The van der Waals surface area contributed by atoms with Gasteiger partial charge in [0, 0.05) is 31.6 Å². The number of nitrogens with zero attached hydrogens (tertiary/aromatic N) is 2. The zero-order valence-electron chi connectivity index (χ0n) is 12.2. The fourth-order valence-electron chi connectivity index (χ4n) is 2.36. The highest BCUT2D eigenvalue weighted by Gasteiger charge is 2.54. The molecule has 2 N–H and O–H groups in total. The highest BCUT2D eigenvalue weighted by molar-refractivity contribution is 5.89. The molecular formula is C15H16F3N3O2. The summed E-state index contributed by atoms with van der Waals surface area (Å²) in [5.74, 6) is 0. The lowest BCUT2D eigenvalue weighted by Crippen LogP contribution is -2.55. The number of aliphatic hydroxyl groups is 1. The van der Waals surface area contributed by atoms with Gasteiger partial charge in [0.2, 0.25) is 0 Å². The molecular weight excluding hydrogens is 311 g/mol. The van der Waals surface area contributed by atoms with Gasteiger partial charge in [0.05, 0.1) is 12.5 Å². The molecule has 0 atom stereocenters. The molecule has 8 heteroatoms. The van der Waals surface area contributed by atoms with Crippen LogP contribution in [-0.4, -0.2) is 40.9 Å². The summed E-state index contributed by atoms with van der Waals surface area (Å²) in [6.45, 7) is -0.345. The third-order valence-electron chi connectivity index (χ3n) is 3.89. The summed E-state index contributed by atoms with van der Waals surface area (Å²) in [5, 5.41) is 20.7. The second-order valence-electron chi connectivity index (χ2n) is 5.48. The van der Waals surface area contributed by atoms with E-state index < -0.39 is 30.7 Å². The summed E-state index contributed by atoms with van der Waals surface area (Å²) in [6.07, 6.45) is -5.50. The molecule has 1 heterocycles. The van der Waals surface area contributed by atoms with Crippen molar-refractivity contribution in [2.24, 2.45) is 0 Å². The quantitative estimate of drug-likeness (QED) is 0.877. The first-order valence-electron chi connectivity index (χ1n) is 7.06. The number of alkyl halides is 3. The zero-order chi connectivity index (χ0) is 17.1. The average molecular weight is 327 g/mol. The van der Waals surface area contributed by atoms with E-state index in [9.17, 15) is 23.1 Å². The Labute approximate surface area is 131 Å². The Hall–Kier alpha value is -2.27. The maximum atomic E-state index is 12.7. The molecule has 23 heavy (non-hydrogen) atoms. The van der Waals surface area contributed by atoms with Gasteiger partial charge in [-0.05, 0) is 17.7 Å². The van der Waals surface area contributed by atoms with E-state index in [-0.39, 0.29) is 19.5 Å². The zero-order valence-corrected chi connectivity index (χ0v) is 12.2. The van der Waals surface area contributed by atoms with E-state index >= 15 is 0 Å². The number of likely N-dealkylation sites (tertiary alicyclic amines) is 1. The second kappa shape index (κ2) is 6.46. The molecule has 0 spiro atoms. The number of halogens is 3. The third-order valence-corrected chi connectivity index (χ3v) is 3.89. The molecule has 0 aromatic heterocycles. The molecule has 1 saturated heterocycles.